The topological polar surface area (TPSA) is 38.9 Å². The monoisotopic (exact) mass is 186 g/mol. The molecule has 0 radical (unpaired) electrons. The van der Waals surface area contributed by atoms with Gasteiger partial charge in [0.05, 0.1) is 0 Å². The van der Waals surface area contributed by atoms with Gasteiger partial charge in [-0.25, -0.2) is 0 Å². The molecular weight excluding hydrogens is 172 g/mol. The lowest BCUT2D eigenvalue weighted by Crippen LogP contribution is -2.08. The van der Waals surface area contributed by atoms with Gasteiger partial charge in [-0.3, -0.25) is 4.98 Å². The zero-order valence-electron chi connectivity index (χ0n) is 8.27. The summed E-state index contributed by atoms with van der Waals surface area (Å²) in [5, 5.41) is 2.42. The van der Waals surface area contributed by atoms with Crippen LogP contribution in [0.2, 0.25) is 0 Å². The molecule has 0 amide bonds. The molecule has 0 bridgehead atoms. The van der Waals surface area contributed by atoms with Crippen molar-refractivity contribution in [1.29, 1.82) is 0 Å². The lowest BCUT2D eigenvalue weighted by atomic mass is 9.99. The van der Waals surface area contributed by atoms with E-state index in [0.29, 0.717) is 12.5 Å². The van der Waals surface area contributed by atoms with Gasteiger partial charge in [0, 0.05) is 17.8 Å². The minimum Gasteiger partial charge on any atom is -0.330 e. The standard InChI is InChI=1S/C12H14N2/c1-9(7-13)11-3-2-10-4-5-14-8-12(10)6-11/h2-6,8-9H,7,13H2,1H3. The number of hydrogen-bond acceptors (Lipinski definition) is 2. The predicted octanol–water partition coefficient (Wildman–Crippen LogP) is 2.30. The van der Waals surface area contributed by atoms with E-state index < -0.39 is 0 Å². The first-order valence-electron chi connectivity index (χ1n) is 4.85. The number of nitrogens with zero attached hydrogens (tertiary/aromatic N) is 1. The number of pyridine rings is 1. The molecule has 0 saturated heterocycles. The van der Waals surface area contributed by atoms with E-state index in [1.54, 1.807) is 0 Å². The van der Waals surface area contributed by atoms with Gasteiger partial charge in [0.15, 0.2) is 0 Å². The summed E-state index contributed by atoms with van der Waals surface area (Å²) in [6.45, 7) is 2.82. The van der Waals surface area contributed by atoms with Crippen molar-refractivity contribution in [3.05, 3.63) is 42.2 Å². The van der Waals surface area contributed by atoms with Crippen LogP contribution in [0.25, 0.3) is 10.8 Å². The Kier molecular flexibility index (Phi) is 2.46. The van der Waals surface area contributed by atoms with Gasteiger partial charge in [-0.2, -0.15) is 0 Å². The molecule has 0 saturated carbocycles. The molecular formula is C12H14N2. The second-order valence-corrected chi connectivity index (χ2v) is 3.62. The van der Waals surface area contributed by atoms with Crippen LogP contribution in [0.4, 0.5) is 0 Å². The summed E-state index contributed by atoms with van der Waals surface area (Å²) in [6, 6.07) is 8.45. The first kappa shape index (κ1) is 9.16. The largest absolute Gasteiger partial charge is 0.330 e. The minimum atomic E-state index is 0.416. The van der Waals surface area contributed by atoms with Crippen molar-refractivity contribution in [2.75, 3.05) is 6.54 Å². The molecule has 1 unspecified atom stereocenters. The molecule has 2 rings (SSSR count). The van der Waals surface area contributed by atoms with Crippen molar-refractivity contribution in [2.45, 2.75) is 12.8 Å². The van der Waals surface area contributed by atoms with Gasteiger partial charge >= 0.3 is 0 Å². The molecule has 72 valence electrons. The van der Waals surface area contributed by atoms with E-state index in [1.165, 1.54) is 16.3 Å². The fourth-order valence-corrected chi connectivity index (χ4v) is 1.55. The maximum absolute atomic E-state index is 5.63. The van der Waals surface area contributed by atoms with Crippen molar-refractivity contribution in [3.8, 4) is 0 Å². The van der Waals surface area contributed by atoms with Crippen molar-refractivity contribution in [3.63, 3.8) is 0 Å². The molecule has 1 atom stereocenters. The van der Waals surface area contributed by atoms with Gasteiger partial charge in [0.1, 0.15) is 0 Å². The van der Waals surface area contributed by atoms with Crippen LogP contribution in [0, 0.1) is 0 Å². The number of rotatable bonds is 2. The van der Waals surface area contributed by atoms with Crippen LogP contribution in [0.15, 0.2) is 36.7 Å². The fraction of sp³-hybridized carbons (Fsp3) is 0.250. The summed E-state index contributed by atoms with van der Waals surface area (Å²) in [5.41, 5.74) is 6.92. The summed E-state index contributed by atoms with van der Waals surface area (Å²) in [5.74, 6) is 0.416. The van der Waals surface area contributed by atoms with Crippen LogP contribution in [-0.2, 0) is 0 Å². The molecule has 1 heterocycles. The summed E-state index contributed by atoms with van der Waals surface area (Å²) < 4.78 is 0. The van der Waals surface area contributed by atoms with Gasteiger partial charge < -0.3 is 5.73 Å². The Morgan fingerprint density at radius 3 is 2.93 bits per heavy atom. The van der Waals surface area contributed by atoms with E-state index >= 15 is 0 Å². The van der Waals surface area contributed by atoms with E-state index in [1.807, 2.05) is 18.5 Å². The predicted molar refractivity (Wildman–Crippen MR) is 59.2 cm³/mol. The van der Waals surface area contributed by atoms with Gasteiger partial charge in [0.25, 0.3) is 0 Å². The Morgan fingerprint density at radius 2 is 2.14 bits per heavy atom. The summed E-state index contributed by atoms with van der Waals surface area (Å²) in [6.07, 6.45) is 3.70. The molecule has 0 aliphatic heterocycles. The Hall–Kier alpha value is -1.41. The third-order valence-corrected chi connectivity index (χ3v) is 2.59. The summed E-state index contributed by atoms with van der Waals surface area (Å²) in [4.78, 5) is 4.11. The zero-order chi connectivity index (χ0) is 9.97. The summed E-state index contributed by atoms with van der Waals surface area (Å²) in [7, 11) is 0. The number of fused-ring (bicyclic) bond motifs is 1. The normalized spacial score (nSPS) is 13.0. The Bertz CT molecular complexity index is 437. The molecule has 2 aromatic rings. The van der Waals surface area contributed by atoms with E-state index in [0.717, 1.165) is 0 Å². The molecule has 0 aliphatic carbocycles. The second-order valence-electron chi connectivity index (χ2n) is 3.62. The Morgan fingerprint density at radius 1 is 1.29 bits per heavy atom. The quantitative estimate of drug-likeness (QED) is 0.781. The molecule has 14 heavy (non-hydrogen) atoms. The van der Waals surface area contributed by atoms with Crippen molar-refractivity contribution in [2.24, 2.45) is 5.73 Å². The van der Waals surface area contributed by atoms with Crippen molar-refractivity contribution < 1.29 is 0 Å². The number of hydrogen-bond donors (Lipinski definition) is 1. The van der Waals surface area contributed by atoms with Crippen LogP contribution in [-0.4, -0.2) is 11.5 Å². The van der Waals surface area contributed by atoms with Crippen molar-refractivity contribution >= 4 is 10.8 Å². The summed E-state index contributed by atoms with van der Waals surface area (Å²) >= 11 is 0. The van der Waals surface area contributed by atoms with E-state index in [-0.39, 0.29) is 0 Å². The van der Waals surface area contributed by atoms with Crippen LogP contribution >= 0.6 is 0 Å². The van der Waals surface area contributed by atoms with Crippen molar-refractivity contribution in [1.82, 2.24) is 4.98 Å². The van der Waals surface area contributed by atoms with E-state index in [4.69, 9.17) is 5.73 Å². The highest BCUT2D eigenvalue weighted by Crippen LogP contribution is 2.19. The first-order valence-corrected chi connectivity index (χ1v) is 4.85. The average Bonchev–Trinajstić information content (AvgIpc) is 2.27. The highest BCUT2D eigenvalue weighted by molar-refractivity contribution is 5.82. The molecule has 0 spiro atoms. The maximum Gasteiger partial charge on any atom is 0.0346 e. The van der Waals surface area contributed by atoms with Crippen LogP contribution in [0.1, 0.15) is 18.4 Å². The Balaban J connectivity index is 2.51. The number of aromatic nitrogens is 1. The van der Waals surface area contributed by atoms with Crippen LogP contribution in [0.3, 0.4) is 0 Å². The highest BCUT2D eigenvalue weighted by Gasteiger charge is 2.03. The number of benzene rings is 1. The first-order chi connectivity index (χ1) is 6.81. The zero-order valence-corrected chi connectivity index (χ0v) is 8.27. The lowest BCUT2D eigenvalue weighted by molar-refractivity contribution is 0.775. The molecule has 1 aromatic heterocycles. The van der Waals surface area contributed by atoms with Gasteiger partial charge in [-0.1, -0.05) is 19.1 Å². The highest BCUT2D eigenvalue weighted by atomic mass is 14.6. The SMILES string of the molecule is CC(CN)c1ccc2ccncc2c1. The van der Waals surface area contributed by atoms with Crippen LogP contribution < -0.4 is 5.73 Å². The fourth-order valence-electron chi connectivity index (χ4n) is 1.55. The third kappa shape index (κ3) is 1.61. The van der Waals surface area contributed by atoms with E-state index in [2.05, 4.69) is 30.1 Å². The average molecular weight is 186 g/mol. The minimum absolute atomic E-state index is 0.416. The van der Waals surface area contributed by atoms with Gasteiger partial charge in [-0.05, 0) is 35.5 Å². The third-order valence-electron chi connectivity index (χ3n) is 2.59. The molecule has 2 heteroatoms. The Labute approximate surface area is 83.8 Å². The van der Waals surface area contributed by atoms with E-state index in [9.17, 15) is 0 Å². The molecule has 1 aromatic carbocycles. The maximum atomic E-state index is 5.63. The smallest absolute Gasteiger partial charge is 0.0346 e. The molecule has 2 nitrogen and oxygen atoms in total. The molecule has 0 aliphatic rings. The molecule has 2 N–H and O–H groups in total. The van der Waals surface area contributed by atoms with Crippen LogP contribution in [0.5, 0.6) is 0 Å². The number of nitrogens with two attached hydrogens (primary N) is 1. The molecule has 0 fully saturated rings. The second kappa shape index (κ2) is 3.76. The lowest BCUT2D eigenvalue weighted by Gasteiger charge is -2.09. The van der Waals surface area contributed by atoms with Gasteiger partial charge in [-0.15, -0.1) is 0 Å². The van der Waals surface area contributed by atoms with Gasteiger partial charge in [0.2, 0.25) is 0 Å².